The molecule has 0 spiro atoms. The Bertz CT molecular complexity index is 856. The van der Waals surface area contributed by atoms with Crippen LogP contribution in [0.15, 0.2) is 0 Å². The molecular weight excluding hydrogens is 685 g/mol. The van der Waals surface area contributed by atoms with Crippen LogP contribution < -0.4 is 0 Å². The Morgan fingerprint density at radius 3 is 0.945 bits per heavy atom. The van der Waals surface area contributed by atoms with E-state index in [1.165, 1.54) is 141 Å². The molecule has 6 heteroatoms. The smallest absolute Gasteiger partial charge is 0.306 e. The summed E-state index contributed by atoms with van der Waals surface area (Å²) in [5.41, 5.74) is 0. The van der Waals surface area contributed by atoms with Gasteiger partial charge in [0.25, 0.3) is 0 Å². The molecule has 0 radical (unpaired) electrons. The SMILES string of the molecule is CCC(C)CCCCCCCCCCCCC(=O)O[C@H](COC(=O)CCCCCCCCCCCCC(C)C)COC(=O)CCCCCCCCC(C)CC. The van der Waals surface area contributed by atoms with Crippen molar-refractivity contribution in [1.82, 2.24) is 0 Å². The van der Waals surface area contributed by atoms with Gasteiger partial charge in [0.2, 0.25) is 0 Å². The molecule has 0 fully saturated rings. The van der Waals surface area contributed by atoms with Crippen molar-refractivity contribution >= 4 is 17.9 Å². The fourth-order valence-electron chi connectivity index (χ4n) is 7.17. The molecule has 0 aliphatic carbocycles. The molecular formula is C49H94O6. The van der Waals surface area contributed by atoms with Crippen LogP contribution >= 0.6 is 0 Å². The molecule has 0 aromatic rings. The molecule has 0 amide bonds. The number of carbonyl (C=O) groups excluding carboxylic acids is 3. The summed E-state index contributed by atoms with van der Waals surface area (Å²) in [5, 5.41) is 0. The molecule has 0 N–H and O–H groups in total. The van der Waals surface area contributed by atoms with Gasteiger partial charge in [-0.25, -0.2) is 0 Å². The molecule has 3 atom stereocenters. The molecule has 2 unspecified atom stereocenters. The molecule has 326 valence electrons. The normalized spacial score (nSPS) is 13.1. The molecule has 6 nitrogen and oxygen atoms in total. The second-order valence-electron chi connectivity index (χ2n) is 17.7. The summed E-state index contributed by atoms with van der Waals surface area (Å²) in [5.74, 6) is 1.64. The van der Waals surface area contributed by atoms with Crippen LogP contribution in [0.5, 0.6) is 0 Å². The van der Waals surface area contributed by atoms with Crippen molar-refractivity contribution in [2.45, 2.75) is 266 Å². The monoisotopic (exact) mass is 779 g/mol. The molecule has 0 aliphatic rings. The zero-order chi connectivity index (χ0) is 40.6. The fourth-order valence-corrected chi connectivity index (χ4v) is 7.17. The van der Waals surface area contributed by atoms with Crippen LogP contribution in [0.4, 0.5) is 0 Å². The Morgan fingerprint density at radius 1 is 0.364 bits per heavy atom. The van der Waals surface area contributed by atoms with Crippen molar-refractivity contribution in [2.24, 2.45) is 17.8 Å². The maximum atomic E-state index is 12.7. The number of esters is 3. The van der Waals surface area contributed by atoms with E-state index in [-0.39, 0.29) is 31.1 Å². The molecule has 0 aliphatic heterocycles. The number of hydrogen-bond acceptors (Lipinski definition) is 6. The van der Waals surface area contributed by atoms with Gasteiger partial charge in [-0.05, 0) is 37.0 Å². The largest absolute Gasteiger partial charge is 0.462 e. The zero-order valence-corrected chi connectivity index (χ0v) is 37.7. The highest BCUT2D eigenvalue weighted by Crippen LogP contribution is 2.18. The molecule has 0 heterocycles. The summed E-state index contributed by atoms with van der Waals surface area (Å²) >= 11 is 0. The summed E-state index contributed by atoms with van der Waals surface area (Å²) in [6.45, 7) is 13.7. The number of unbranched alkanes of at least 4 members (excludes halogenated alkanes) is 23. The molecule has 0 aromatic heterocycles. The van der Waals surface area contributed by atoms with Crippen molar-refractivity contribution in [3.8, 4) is 0 Å². The quantitative estimate of drug-likeness (QED) is 0.0349. The maximum Gasteiger partial charge on any atom is 0.306 e. The molecule has 0 saturated carbocycles. The first-order chi connectivity index (χ1) is 26.7. The van der Waals surface area contributed by atoms with E-state index < -0.39 is 6.10 Å². The number of rotatable bonds is 42. The van der Waals surface area contributed by atoms with E-state index in [4.69, 9.17) is 14.2 Å². The van der Waals surface area contributed by atoms with Crippen LogP contribution in [0.3, 0.4) is 0 Å². The molecule has 0 bridgehead atoms. The fraction of sp³-hybridized carbons (Fsp3) is 0.939. The Morgan fingerprint density at radius 2 is 0.636 bits per heavy atom. The van der Waals surface area contributed by atoms with Gasteiger partial charge in [0, 0.05) is 19.3 Å². The van der Waals surface area contributed by atoms with Gasteiger partial charge in [0.05, 0.1) is 0 Å². The molecule has 0 saturated heterocycles. The first-order valence-electron chi connectivity index (χ1n) is 24.2. The Balaban J connectivity index is 4.35. The van der Waals surface area contributed by atoms with E-state index in [9.17, 15) is 14.4 Å². The average Bonchev–Trinajstić information content (AvgIpc) is 3.17. The van der Waals surface area contributed by atoms with Crippen molar-refractivity contribution in [3.63, 3.8) is 0 Å². The minimum Gasteiger partial charge on any atom is -0.462 e. The second-order valence-corrected chi connectivity index (χ2v) is 17.7. The Kier molecular flexibility index (Phi) is 39.4. The van der Waals surface area contributed by atoms with E-state index >= 15 is 0 Å². The summed E-state index contributed by atoms with van der Waals surface area (Å²) < 4.78 is 16.8. The lowest BCUT2D eigenvalue weighted by Crippen LogP contribution is -2.30. The highest BCUT2D eigenvalue weighted by molar-refractivity contribution is 5.71. The van der Waals surface area contributed by atoms with Crippen LogP contribution in [-0.2, 0) is 28.6 Å². The third-order valence-electron chi connectivity index (χ3n) is 11.6. The highest BCUT2D eigenvalue weighted by Gasteiger charge is 2.19. The van der Waals surface area contributed by atoms with Crippen molar-refractivity contribution in [2.75, 3.05) is 13.2 Å². The number of carbonyl (C=O) groups is 3. The van der Waals surface area contributed by atoms with Crippen LogP contribution in [0.1, 0.15) is 260 Å². The lowest BCUT2D eigenvalue weighted by atomic mass is 9.99. The Hall–Kier alpha value is -1.59. The van der Waals surface area contributed by atoms with Crippen LogP contribution in [0.2, 0.25) is 0 Å². The summed E-state index contributed by atoms with van der Waals surface area (Å²) in [4.78, 5) is 37.8. The van der Waals surface area contributed by atoms with E-state index in [0.29, 0.717) is 19.3 Å². The average molecular weight is 779 g/mol. The van der Waals surface area contributed by atoms with Gasteiger partial charge >= 0.3 is 17.9 Å². The predicted octanol–water partition coefficient (Wildman–Crippen LogP) is 15.2. The molecule has 0 rings (SSSR count). The minimum absolute atomic E-state index is 0.0662. The van der Waals surface area contributed by atoms with E-state index in [0.717, 1.165) is 75.5 Å². The zero-order valence-electron chi connectivity index (χ0n) is 37.7. The van der Waals surface area contributed by atoms with Gasteiger partial charge in [-0.2, -0.15) is 0 Å². The van der Waals surface area contributed by atoms with Gasteiger partial charge in [-0.1, -0.05) is 221 Å². The highest BCUT2D eigenvalue weighted by atomic mass is 16.6. The third kappa shape index (κ3) is 40.4. The van der Waals surface area contributed by atoms with Gasteiger partial charge in [-0.15, -0.1) is 0 Å². The van der Waals surface area contributed by atoms with Crippen molar-refractivity contribution < 1.29 is 28.6 Å². The number of hydrogen-bond donors (Lipinski definition) is 0. The number of ether oxygens (including phenoxy) is 3. The van der Waals surface area contributed by atoms with Gasteiger partial charge < -0.3 is 14.2 Å². The third-order valence-corrected chi connectivity index (χ3v) is 11.6. The first kappa shape index (κ1) is 53.4. The summed E-state index contributed by atoms with van der Waals surface area (Å²) in [6.07, 6.45) is 38.0. The van der Waals surface area contributed by atoms with Crippen molar-refractivity contribution in [3.05, 3.63) is 0 Å². The molecule has 55 heavy (non-hydrogen) atoms. The van der Waals surface area contributed by atoms with E-state index in [2.05, 4.69) is 41.5 Å². The van der Waals surface area contributed by atoms with E-state index in [1.54, 1.807) is 0 Å². The predicted molar refractivity (Wildman–Crippen MR) is 233 cm³/mol. The topological polar surface area (TPSA) is 78.9 Å². The van der Waals surface area contributed by atoms with Gasteiger partial charge in [0.1, 0.15) is 13.2 Å². The van der Waals surface area contributed by atoms with Crippen molar-refractivity contribution in [1.29, 1.82) is 0 Å². The van der Waals surface area contributed by atoms with Gasteiger partial charge in [-0.3, -0.25) is 14.4 Å². The summed E-state index contributed by atoms with van der Waals surface area (Å²) in [6, 6.07) is 0. The van der Waals surface area contributed by atoms with Crippen LogP contribution in [-0.4, -0.2) is 37.2 Å². The maximum absolute atomic E-state index is 12.7. The lowest BCUT2D eigenvalue weighted by molar-refractivity contribution is -0.167. The van der Waals surface area contributed by atoms with Crippen LogP contribution in [0.25, 0.3) is 0 Å². The standard InChI is InChI=1S/C49H94O6/c1-7-44(5)36-30-24-18-14-10-12-16-20-28-34-40-49(52)55-46(42-54-48(51)39-33-27-22-21-25-31-37-45(6)8-2)41-53-47(50)38-32-26-19-15-11-9-13-17-23-29-35-43(3)4/h43-46H,7-42H2,1-6H3/t44?,45?,46-/m1/s1. The lowest BCUT2D eigenvalue weighted by Gasteiger charge is -2.18. The van der Waals surface area contributed by atoms with Crippen LogP contribution in [0, 0.1) is 17.8 Å². The van der Waals surface area contributed by atoms with E-state index in [1.807, 2.05) is 0 Å². The Labute approximate surface area is 342 Å². The minimum atomic E-state index is -0.763. The summed E-state index contributed by atoms with van der Waals surface area (Å²) in [7, 11) is 0. The first-order valence-corrected chi connectivity index (χ1v) is 24.2. The van der Waals surface area contributed by atoms with Gasteiger partial charge in [0.15, 0.2) is 6.10 Å². The molecule has 0 aromatic carbocycles. The second kappa shape index (κ2) is 40.6.